The van der Waals surface area contributed by atoms with E-state index in [4.69, 9.17) is 27.9 Å². The Bertz CT molecular complexity index is 1190. The molecule has 0 aliphatic carbocycles. The highest BCUT2D eigenvalue weighted by molar-refractivity contribution is 6.42. The van der Waals surface area contributed by atoms with Crippen LogP contribution in [0.4, 0.5) is 10.5 Å². The zero-order valence-electron chi connectivity index (χ0n) is 20.4. The van der Waals surface area contributed by atoms with E-state index in [1.165, 1.54) is 12.8 Å². The first-order chi connectivity index (χ1) is 18.0. The van der Waals surface area contributed by atoms with E-state index in [0.717, 1.165) is 25.2 Å². The minimum Gasteiger partial charge on any atom is -0.457 e. The van der Waals surface area contributed by atoms with Crippen LogP contribution in [0.2, 0.25) is 10.0 Å². The van der Waals surface area contributed by atoms with Crippen molar-refractivity contribution < 1.29 is 14.3 Å². The van der Waals surface area contributed by atoms with E-state index in [0.29, 0.717) is 40.2 Å². The van der Waals surface area contributed by atoms with Gasteiger partial charge in [-0.05, 0) is 67.9 Å². The molecule has 1 aliphatic rings. The Balaban J connectivity index is 1.33. The summed E-state index contributed by atoms with van der Waals surface area (Å²) in [6.07, 6.45) is 2.80. The van der Waals surface area contributed by atoms with Gasteiger partial charge in [0.1, 0.15) is 17.5 Å². The fourth-order valence-corrected chi connectivity index (χ4v) is 4.42. The van der Waals surface area contributed by atoms with Gasteiger partial charge in [0, 0.05) is 31.3 Å². The van der Waals surface area contributed by atoms with Crippen LogP contribution in [0, 0.1) is 0 Å². The molecule has 0 aromatic heterocycles. The second-order valence-corrected chi connectivity index (χ2v) is 9.70. The van der Waals surface area contributed by atoms with E-state index in [9.17, 15) is 9.59 Å². The SMILES string of the molecule is O=C(Nc1ccc(Oc2ccc(Cl)c(Cl)c2)cc1)N[C@@H](Cc1ccccc1)C(=O)NCCN1CCCC1. The van der Waals surface area contributed by atoms with Gasteiger partial charge in [-0.2, -0.15) is 0 Å². The Morgan fingerprint density at radius 1 is 0.892 bits per heavy atom. The number of carbonyl (C=O) groups excluding carboxylic acids is 2. The molecule has 1 atom stereocenters. The molecule has 1 saturated heterocycles. The molecule has 9 heteroatoms. The summed E-state index contributed by atoms with van der Waals surface area (Å²) in [5.41, 5.74) is 1.53. The van der Waals surface area contributed by atoms with E-state index in [1.54, 1.807) is 42.5 Å². The normalized spacial score (nSPS) is 14.1. The summed E-state index contributed by atoms with van der Waals surface area (Å²) < 4.78 is 5.78. The van der Waals surface area contributed by atoms with Gasteiger partial charge in [0.15, 0.2) is 0 Å². The quantitative estimate of drug-likeness (QED) is 0.306. The zero-order chi connectivity index (χ0) is 26.0. The van der Waals surface area contributed by atoms with Gasteiger partial charge in [0.05, 0.1) is 10.0 Å². The molecule has 4 rings (SSSR count). The number of hydrogen-bond acceptors (Lipinski definition) is 4. The van der Waals surface area contributed by atoms with E-state index in [-0.39, 0.29) is 5.91 Å². The molecule has 0 radical (unpaired) electrons. The number of nitrogens with one attached hydrogen (secondary N) is 3. The van der Waals surface area contributed by atoms with Gasteiger partial charge in [-0.1, -0.05) is 53.5 Å². The number of anilines is 1. The molecule has 3 aromatic carbocycles. The average Bonchev–Trinajstić information content (AvgIpc) is 3.41. The third-order valence-corrected chi connectivity index (χ3v) is 6.81. The van der Waals surface area contributed by atoms with Gasteiger partial charge in [0.2, 0.25) is 5.91 Å². The predicted octanol–water partition coefficient (Wildman–Crippen LogP) is 5.73. The van der Waals surface area contributed by atoms with Crippen LogP contribution >= 0.6 is 23.2 Å². The lowest BCUT2D eigenvalue weighted by Gasteiger charge is -2.20. The van der Waals surface area contributed by atoms with Crippen molar-refractivity contribution in [2.45, 2.75) is 25.3 Å². The second-order valence-electron chi connectivity index (χ2n) is 8.88. The fraction of sp³-hybridized carbons (Fsp3) is 0.286. The molecule has 0 saturated carbocycles. The summed E-state index contributed by atoms with van der Waals surface area (Å²) in [7, 11) is 0. The monoisotopic (exact) mass is 540 g/mol. The molecule has 3 amide bonds. The summed E-state index contributed by atoms with van der Waals surface area (Å²) in [5.74, 6) is 0.916. The van der Waals surface area contributed by atoms with Gasteiger partial charge < -0.3 is 25.6 Å². The number of urea groups is 1. The van der Waals surface area contributed by atoms with Crippen molar-refractivity contribution in [1.29, 1.82) is 0 Å². The topological polar surface area (TPSA) is 82.7 Å². The summed E-state index contributed by atoms with van der Waals surface area (Å²) >= 11 is 12.0. The highest BCUT2D eigenvalue weighted by atomic mass is 35.5. The molecule has 37 heavy (non-hydrogen) atoms. The number of ether oxygens (including phenoxy) is 1. The lowest BCUT2D eigenvalue weighted by atomic mass is 10.1. The van der Waals surface area contributed by atoms with E-state index < -0.39 is 12.1 Å². The highest BCUT2D eigenvalue weighted by Crippen LogP contribution is 2.29. The summed E-state index contributed by atoms with van der Waals surface area (Å²) in [6.45, 7) is 3.50. The van der Waals surface area contributed by atoms with Crippen LogP contribution in [-0.2, 0) is 11.2 Å². The van der Waals surface area contributed by atoms with E-state index in [1.807, 2.05) is 30.3 Å². The number of amides is 3. The van der Waals surface area contributed by atoms with Gasteiger partial charge in [-0.15, -0.1) is 0 Å². The van der Waals surface area contributed by atoms with Gasteiger partial charge >= 0.3 is 6.03 Å². The molecule has 3 N–H and O–H groups in total. The zero-order valence-corrected chi connectivity index (χ0v) is 21.9. The number of rotatable bonds is 10. The molecule has 1 heterocycles. The van der Waals surface area contributed by atoms with Crippen LogP contribution in [0.25, 0.3) is 0 Å². The first-order valence-corrected chi connectivity index (χ1v) is 13.1. The first kappa shape index (κ1) is 26.8. The minimum absolute atomic E-state index is 0.205. The van der Waals surface area contributed by atoms with Crippen LogP contribution < -0.4 is 20.7 Å². The molecular formula is C28H30Cl2N4O3. The molecule has 7 nitrogen and oxygen atoms in total. The number of benzene rings is 3. The number of carbonyl (C=O) groups is 2. The molecule has 1 aliphatic heterocycles. The van der Waals surface area contributed by atoms with Crippen molar-refractivity contribution >= 4 is 40.8 Å². The third-order valence-electron chi connectivity index (χ3n) is 6.07. The summed E-state index contributed by atoms with van der Waals surface area (Å²) in [5, 5.41) is 9.44. The van der Waals surface area contributed by atoms with Crippen molar-refractivity contribution in [3.63, 3.8) is 0 Å². The smallest absolute Gasteiger partial charge is 0.319 e. The Labute approximate surface area is 227 Å². The van der Waals surface area contributed by atoms with Crippen LogP contribution in [0.3, 0.4) is 0 Å². The summed E-state index contributed by atoms with van der Waals surface area (Å²) in [4.78, 5) is 28.1. The largest absolute Gasteiger partial charge is 0.457 e. The van der Waals surface area contributed by atoms with Gasteiger partial charge in [-0.3, -0.25) is 4.79 Å². The first-order valence-electron chi connectivity index (χ1n) is 12.3. The van der Waals surface area contributed by atoms with Crippen LogP contribution in [0.5, 0.6) is 11.5 Å². The molecule has 0 unspecified atom stereocenters. The molecule has 0 bridgehead atoms. The number of nitrogens with zero attached hydrogens (tertiary/aromatic N) is 1. The maximum absolute atomic E-state index is 13.0. The standard InChI is InChI=1S/C28H30Cl2N4O3/c29-24-13-12-23(19-25(24)30)37-22-10-8-21(9-11-22)32-28(36)33-26(18-20-6-2-1-3-7-20)27(35)31-14-17-34-15-4-5-16-34/h1-3,6-13,19,26H,4-5,14-18H2,(H,31,35)(H2,32,33,36)/t26-/m0/s1. The van der Waals surface area contributed by atoms with Crippen molar-refractivity contribution in [3.8, 4) is 11.5 Å². The van der Waals surface area contributed by atoms with Crippen molar-refractivity contribution in [1.82, 2.24) is 15.5 Å². The fourth-order valence-electron chi connectivity index (χ4n) is 4.13. The maximum Gasteiger partial charge on any atom is 0.319 e. The Kier molecular flexibility index (Phi) is 9.65. The van der Waals surface area contributed by atoms with Gasteiger partial charge in [0.25, 0.3) is 0 Å². The maximum atomic E-state index is 13.0. The van der Waals surface area contributed by atoms with Crippen molar-refractivity contribution in [2.75, 3.05) is 31.5 Å². The Morgan fingerprint density at radius 2 is 1.59 bits per heavy atom. The molecular weight excluding hydrogens is 511 g/mol. The molecule has 0 spiro atoms. The number of halogens is 2. The number of hydrogen-bond donors (Lipinski definition) is 3. The molecule has 3 aromatic rings. The summed E-state index contributed by atoms with van der Waals surface area (Å²) in [6, 6.07) is 20.4. The van der Waals surface area contributed by atoms with E-state index in [2.05, 4.69) is 20.9 Å². The lowest BCUT2D eigenvalue weighted by Crippen LogP contribution is -2.50. The van der Waals surface area contributed by atoms with Gasteiger partial charge in [-0.25, -0.2) is 4.79 Å². The van der Waals surface area contributed by atoms with Crippen molar-refractivity contribution in [2.24, 2.45) is 0 Å². The highest BCUT2D eigenvalue weighted by Gasteiger charge is 2.22. The molecule has 194 valence electrons. The van der Waals surface area contributed by atoms with Crippen molar-refractivity contribution in [3.05, 3.63) is 88.4 Å². The molecule has 1 fully saturated rings. The Hall–Kier alpha value is -3.26. The number of likely N-dealkylation sites (tertiary alicyclic amines) is 1. The predicted molar refractivity (Wildman–Crippen MR) is 148 cm³/mol. The van der Waals surface area contributed by atoms with Crippen LogP contribution in [0.1, 0.15) is 18.4 Å². The minimum atomic E-state index is -0.710. The Morgan fingerprint density at radius 3 is 2.30 bits per heavy atom. The second kappa shape index (κ2) is 13.3. The lowest BCUT2D eigenvalue weighted by molar-refractivity contribution is -0.122. The van der Waals surface area contributed by atoms with E-state index >= 15 is 0 Å². The third kappa shape index (κ3) is 8.39. The van der Waals surface area contributed by atoms with Crippen LogP contribution in [-0.4, -0.2) is 49.1 Å². The average molecular weight is 541 g/mol. The van der Waals surface area contributed by atoms with Crippen LogP contribution in [0.15, 0.2) is 72.8 Å².